The van der Waals surface area contributed by atoms with Crippen molar-refractivity contribution in [1.82, 2.24) is 15.1 Å². The smallest absolute Gasteiger partial charge is 0.325 e. The lowest BCUT2D eigenvalue weighted by molar-refractivity contribution is -0.131. The molecule has 4 amide bonds. The van der Waals surface area contributed by atoms with Crippen LogP contribution >= 0.6 is 15.9 Å². The van der Waals surface area contributed by atoms with E-state index in [4.69, 9.17) is 0 Å². The van der Waals surface area contributed by atoms with Crippen molar-refractivity contribution < 1.29 is 14.4 Å². The van der Waals surface area contributed by atoms with E-state index in [1.807, 2.05) is 24.3 Å². The lowest BCUT2D eigenvalue weighted by Crippen LogP contribution is -2.49. The number of benzene rings is 1. The second-order valence-electron chi connectivity index (χ2n) is 5.62. The van der Waals surface area contributed by atoms with Gasteiger partial charge in [-0.3, -0.25) is 14.9 Å². The summed E-state index contributed by atoms with van der Waals surface area (Å²) in [5.41, 5.74) is 1.02. The van der Waals surface area contributed by atoms with Gasteiger partial charge in [0.15, 0.2) is 0 Å². The first-order chi connectivity index (χ1) is 11.0. The second-order valence-corrected chi connectivity index (χ2v) is 6.53. The summed E-state index contributed by atoms with van der Waals surface area (Å²) in [6.07, 6.45) is 3.42. The zero-order chi connectivity index (χ0) is 16.6. The number of likely N-dealkylation sites (N-methyl/N-ethyl adjacent to an activating group) is 1. The second kappa shape index (κ2) is 6.16. The average Bonchev–Trinajstić information content (AvgIpc) is 2.70. The summed E-state index contributed by atoms with van der Waals surface area (Å²) in [5, 5.41) is 2.25. The van der Waals surface area contributed by atoms with E-state index in [-0.39, 0.29) is 18.5 Å². The van der Waals surface area contributed by atoms with Crippen LogP contribution in [-0.4, -0.2) is 47.3 Å². The third-order valence-corrected chi connectivity index (χ3v) is 4.77. The molecule has 1 fully saturated rings. The zero-order valence-corrected chi connectivity index (χ0v) is 14.1. The van der Waals surface area contributed by atoms with Gasteiger partial charge in [0.2, 0.25) is 5.91 Å². The number of carbonyl (C=O) groups is 3. The number of amides is 4. The monoisotopic (exact) mass is 377 g/mol. The number of urea groups is 1. The van der Waals surface area contributed by atoms with Crippen molar-refractivity contribution in [3.63, 3.8) is 0 Å². The maximum Gasteiger partial charge on any atom is 0.325 e. The summed E-state index contributed by atoms with van der Waals surface area (Å²) >= 11 is 3.40. The van der Waals surface area contributed by atoms with Crippen LogP contribution < -0.4 is 5.32 Å². The molecular formula is C16H16BrN3O3. The molecule has 1 saturated heterocycles. The van der Waals surface area contributed by atoms with E-state index in [2.05, 4.69) is 21.2 Å². The van der Waals surface area contributed by atoms with Crippen molar-refractivity contribution in [3.05, 3.63) is 46.5 Å². The normalized spacial score (nSPS) is 24.9. The van der Waals surface area contributed by atoms with Crippen molar-refractivity contribution in [2.45, 2.75) is 18.5 Å². The minimum absolute atomic E-state index is 0.0867. The van der Waals surface area contributed by atoms with Gasteiger partial charge in [0, 0.05) is 30.6 Å². The number of nitrogens with one attached hydrogen (secondary N) is 1. The lowest BCUT2D eigenvalue weighted by Gasteiger charge is -2.24. The van der Waals surface area contributed by atoms with E-state index in [9.17, 15) is 14.4 Å². The van der Waals surface area contributed by atoms with Crippen molar-refractivity contribution in [2.75, 3.05) is 13.6 Å². The van der Waals surface area contributed by atoms with E-state index in [0.29, 0.717) is 6.42 Å². The largest absolute Gasteiger partial charge is 0.337 e. The summed E-state index contributed by atoms with van der Waals surface area (Å²) in [5.74, 6) is -0.573. The van der Waals surface area contributed by atoms with Crippen molar-refractivity contribution >= 4 is 33.8 Å². The SMILES string of the molecule is CN1C(=O)[C@H](N2CC=CC(=O)NC2=O)C[C@H]1c1ccc(Br)cc1. The van der Waals surface area contributed by atoms with Crippen LogP contribution in [0.5, 0.6) is 0 Å². The van der Waals surface area contributed by atoms with Gasteiger partial charge in [-0.15, -0.1) is 0 Å². The fourth-order valence-electron chi connectivity index (χ4n) is 3.01. The van der Waals surface area contributed by atoms with Crippen LogP contribution in [-0.2, 0) is 9.59 Å². The third-order valence-electron chi connectivity index (χ3n) is 4.24. The van der Waals surface area contributed by atoms with E-state index < -0.39 is 18.0 Å². The molecule has 0 unspecified atom stereocenters. The van der Waals surface area contributed by atoms with E-state index in [1.54, 1.807) is 18.0 Å². The van der Waals surface area contributed by atoms with Crippen LogP contribution in [0.3, 0.4) is 0 Å². The standard InChI is InChI=1S/C16H16BrN3O3/c1-19-12(10-4-6-11(17)7-5-10)9-13(15(19)22)20-8-2-3-14(21)18-16(20)23/h2-7,12-13H,8-9H2,1H3,(H,18,21,23)/t12-,13+/m0/s1. The average molecular weight is 378 g/mol. The highest BCUT2D eigenvalue weighted by Gasteiger charge is 2.43. The minimum atomic E-state index is -0.566. The Labute approximate surface area is 142 Å². The fourth-order valence-corrected chi connectivity index (χ4v) is 3.27. The number of nitrogens with zero attached hydrogens (tertiary/aromatic N) is 2. The number of carbonyl (C=O) groups excluding carboxylic acids is 3. The summed E-state index contributed by atoms with van der Waals surface area (Å²) in [7, 11) is 1.74. The minimum Gasteiger partial charge on any atom is -0.337 e. The molecule has 0 aromatic heterocycles. The van der Waals surface area contributed by atoms with Crippen LogP contribution in [0.15, 0.2) is 40.9 Å². The van der Waals surface area contributed by atoms with Gasteiger partial charge in [0.1, 0.15) is 6.04 Å². The van der Waals surface area contributed by atoms with Gasteiger partial charge >= 0.3 is 6.03 Å². The maximum atomic E-state index is 12.6. The van der Waals surface area contributed by atoms with Crippen LogP contribution in [0, 0.1) is 0 Å². The first-order valence-electron chi connectivity index (χ1n) is 7.27. The molecule has 6 nitrogen and oxygen atoms in total. The highest BCUT2D eigenvalue weighted by molar-refractivity contribution is 9.10. The Morgan fingerprint density at radius 1 is 1.13 bits per heavy atom. The molecule has 1 aromatic rings. The van der Waals surface area contributed by atoms with Gasteiger partial charge in [-0.05, 0) is 17.7 Å². The predicted octanol–water partition coefficient (Wildman–Crippen LogP) is 1.83. The van der Waals surface area contributed by atoms with Crippen LogP contribution in [0.1, 0.15) is 18.0 Å². The van der Waals surface area contributed by atoms with Gasteiger partial charge in [0.05, 0.1) is 6.04 Å². The van der Waals surface area contributed by atoms with Gasteiger partial charge in [-0.1, -0.05) is 34.1 Å². The number of halogens is 1. The van der Waals surface area contributed by atoms with E-state index in [1.165, 1.54) is 11.0 Å². The Balaban J connectivity index is 1.83. The molecule has 120 valence electrons. The Bertz CT molecular complexity index is 686. The number of imide groups is 1. The lowest BCUT2D eigenvalue weighted by atomic mass is 10.0. The van der Waals surface area contributed by atoms with Crippen molar-refractivity contribution in [2.24, 2.45) is 0 Å². The van der Waals surface area contributed by atoms with Gasteiger partial charge in [-0.25, -0.2) is 4.79 Å². The molecule has 2 aliphatic heterocycles. The first kappa shape index (κ1) is 15.7. The Morgan fingerprint density at radius 3 is 2.52 bits per heavy atom. The number of hydrogen-bond acceptors (Lipinski definition) is 3. The van der Waals surface area contributed by atoms with Crippen LogP contribution in [0.2, 0.25) is 0 Å². The molecule has 1 aromatic carbocycles. The van der Waals surface area contributed by atoms with Crippen LogP contribution in [0.4, 0.5) is 4.79 Å². The molecule has 1 N–H and O–H groups in total. The predicted molar refractivity (Wildman–Crippen MR) is 87.4 cm³/mol. The summed E-state index contributed by atoms with van der Waals surface area (Å²) in [6, 6.07) is 6.62. The summed E-state index contributed by atoms with van der Waals surface area (Å²) < 4.78 is 0.973. The number of hydrogen-bond donors (Lipinski definition) is 1. The van der Waals surface area contributed by atoms with Gasteiger partial charge in [0.25, 0.3) is 5.91 Å². The molecule has 0 radical (unpaired) electrons. The van der Waals surface area contributed by atoms with Gasteiger partial charge < -0.3 is 9.80 Å². The molecular weight excluding hydrogens is 362 g/mol. The molecule has 2 atom stereocenters. The molecule has 2 aliphatic rings. The van der Waals surface area contributed by atoms with Gasteiger partial charge in [-0.2, -0.15) is 0 Å². The van der Waals surface area contributed by atoms with Crippen LogP contribution in [0.25, 0.3) is 0 Å². The maximum absolute atomic E-state index is 12.6. The highest BCUT2D eigenvalue weighted by Crippen LogP contribution is 2.34. The highest BCUT2D eigenvalue weighted by atomic mass is 79.9. The molecule has 2 heterocycles. The van der Waals surface area contributed by atoms with E-state index in [0.717, 1.165) is 10.0 Å². The molecule has 0 aliphatic carbocycles. The Kier molecular flexibility index (Phi) is 4.21. The fraction of sp³-hybridized carbons (Fsp3) is 0.312. The molecule has 3 rings (SSSR count). The third kappa shape index (κ3) is 3.01. The summed E-state index contributed by atoms with van der Waals surface area (Å²) in [6.45, 7) is 0.245. The Morgan fingerprint density at radius 2 is 1.83 bits per heavy atom. The quantitative estimate of drug-likeness (QED) is 0.854. The number of likely N-dealkylation sites (tertiary alicyclic amines) is 1. The first-order valence-corrected chi connectivity index (χ1v) is 8.07. The zero-order valence-electron chi connectivity index (χ0n) is 12.5. The van der Waals surface area contributed by atoms with Crippen molar-refractivity contribution in [3.8, 4) is 0 Å². The van der Waals surface area contributed by atoms with Crippen molar-refractivity contribution in [1.29, 1.82) is 0 Å². The molecule has 0 saturated carbocycles. The molecule has 23 heavy (non-hydrogen) atoms. The Hall–Kier alpha value is -2.15. The molecule has 7 heteroatoms. The van der Waals surface area contributed by atoms with E-state index >= 15 is 0 Å². The molecule has 0 bridgehead atoms. The number of rotatable bonds is 2. The summed E-state index contributed by atoms with van der Waals surface area (Å²) in [4.78, 5) is 39.2. The molecule has 0 spiro atoms. The topological polar surface area (TPSA) is 69.7 Å².